The second-order valence-corrected chi connectivity index (χ2v) is 34.1. The largest absolute Gasteiger partial charge is 0.375 e. The van der Waals surface area contributed by atoms with E-state index in [1.165, 1.54) is 61.4 Å². The van der Waals surface area contributed by atoms with E-state index in [9.17, 15) is 41.9 Å². The highest BCUT2D eigenvalue weighted by atomic mass is 35.5. The summed E-state index contributed by atoms with van der Waals surface area (Å²) in [6.45, 7) is 32.6. The second kappa shape index (κ2) is 37.3. The van der Waals surface area contributed by atoms with Crippen molar-refractivity contribution < 1.29 is 55.6 Å². The minimum atomic E-state index is -0.848. The van der Waals surface area contributed by atoms with Crippen LogP contribution in [0.5, 0.6) is 0 Å². The van der Waals surface area contributed by atoms with Gasteiger partial charge in [0.05, 0.1) is 64.5 Å². The minimum absolute atomic E-state index is 0.0341. The summed E-state index contributed by atoms with van der Waals surface area (Å²) in [6.07, 6.45) is 4.08. The summed E-state index contributed by atoms with van der Waals surface area (Å²) >= 11 is 17.0. The molecule has 624 valence electrons. The molecule has 23 nitrogen and oxygen atoms in total. The van der Waals surface area contributed by atoms with Crippen molar-refractivity contribution in [3.8, 4) is 33.4 Å². The van der Waals surface area contributed by atoms with Crippen molar-refractivity contribution in [2.24, 2.45) is 0 Å². The first-order chi connectivity index (χ1) is 56.6. The lowest BCUT2D eigenvalue weighted by Crippen LogP contribution is -2.58. The van der Waals surface area contributed by atoms with Gasteiger partial charge in [0, 0.05) is 174 Å². The van der Waals surface area contributed by atoms with Crippen LogP contribution >= 0.6 is 58.5 Å². The number of aromatic nitrogens is 6. The third-order valence-electron chi connectivity index (χ3n) is 22.0. The summed E-state index contributed by atoms with van der Waals surface area (Å²) in [5.74, 6) is 0.739. The summed E-state index contributed by atoms with van der Waals surface area (Å²) < 4.78 is 90.3. The standard InChI is InChI=1S/C29H31ClF2N4O4S.C29H32ClFN4O4S.C28H31FN4O3S/c1-6-24(37)36-16(3)10-34(11-17(36)4)28-20-7-15(2)25(19-8-21(30)23(32)9-22(19)31)27-26(20)35(29(38)33-28)12-18(13-41-27)40-14-39-5;1-6-24(36)35-17(3)11-33(12-18(35)4)28-21-9-16(2)25(19-7-8-23(31)22(30)10-19)27-26(21)34(29(37)32-28)13-20(14-40-27)39-15-38-5;1-4-14-36-21-16-33-25-22(27(30-28(33)35)32-12-10-31(11-13-32)23(34)5-2)15-18(3)24(26(25)37-17-21)19-6-8-20(29)9-7-19/h6-9,16-18H,1,10-14H2,2-5H3;6-10,17-18,20H,1,11-15H2,2-5H3;5-9,15,21H,2,4,10-14,16-17H2,1,3H3/t16-,17+,18?;17-,18+,20?;. The minimum Gasteiger partial charge on any atom is -0.375 e. The number of anilines is 3. The molecule has 118 heavy (non-hydrogen) atoms. The number of rotatable bonds is 18. The van der Waals surface area contributed by atoms with E-state index in [1.807, 2.05) is 70.4 Å². The third-order valence-corrected chi connectivity index (χ3v) is 26.2. The van der Waals surface area contributed by atoms with Crippen LogP contribution in [0.1, 0.15) is 57.7 Å². The zero-order valence-corrected chi connectivity index (χ0v) is 71.4. The predicted octanol–water partition coefficient (Wildman–Crippen LogP) is 14.1. The van der Waals surface area contributed by atoms with Gasteiger partial charge in [0.1, 0.15) is 54.3 Å². The number of methoxy groups -OCH3 is 2. The van der Waals surface area contributed by atoms with Gasteiger partial charge in [-0.3, -0.25) is 28.1 Å². The Kier molecular flexibility index (Phi) is 27.4. The second-order valence-electron chi connectivity index (χ2n) is 30.2. The molecule has 9 heterocycles. The number of nitrogens with zero attached hydrogens (tertiary/aromatic N) is 12. The van der Waals surface area contributed by atoms with Gasteiger partial charge < -0.3 is 53.1 Å². The molecular weight excluding hydrogens is 1620 g/mol. The fraction of sp³-hybridized carbons (Fsp3) is 0.407. The van der Waals surface area contributed by atoms with Crippen molar-refractivity contribution in [1.82, 2.24) is 43.4 Å². The molecule has 0 aliphatic carbocycles. The zero-order valence-electron chi connectivity index (χ0n) is 67.4. The zero-order chi connectivity index (χ0) is 84.4. The molecule has 9 aromatic rings. The average molecular weight is 1710 g/mol. The smallest absolute Gasteiger partial charge is 0.350 e. The Morgan fingerprint density at radius 1 is 0.483 bits per heavy atom. The van der Waals surface area contributed by atoms with Crippen molar-refractivity contribution in [2.75, 3.05) is 119 Å². The predicted molar refractivity (Wildman–Crippen MR) is 459 cm³/mol. The topological polar surface area (TPSA) is 221 Å². The van der Waals surface area contributed by atoms with Crippen LogP contribution in [-0.4, -0.2) is 208 Å². The highest BCUT2D eigenvalue weighted by molar-refractivity contribution is 8.00. The third kappa shape index (κ3) is 17.6. The Labute approximate surface area is 703 Å². The van der Waals surface area contributed by atoms with Crippen LogP contribution in [0.2, 0.25) is 10.0 Å². The quantitative estimate of drug-likeness (QED) is 0.0337. The summed E-state index contributed by atoms with van der Waals surface area (Å²) in [4.78, 5) is 106. The van der Waals surface area contributed by atoms with Gasteiger partial charge >= 0.3 is 17.1 Å². The number of piperazine rings is 3. The molecule has 3 saturated heterocycles. The van der Waals surface area contributed by atoms with Gasteiger partial charge in [0.25, 0.3) is 0 Å². The molecule has 0 N–H and O–H groups in total. The number of carbonyl (C=O) groups excluding carboxylic acids is 3. The maximum atomic E-state index is 15.3. The van der Waals surface area contributed by atoms with Crippen molar-refractivity contribution in [3.05, 3.63) is 192 Å². The van der Waals surface area contributed by atoms with Crippen LogP contribution in [-0.2, 0) is 57.7 Å². The van der Waals surface area contributed by atoms with Gasteiger partial charge in [-0.25, -0.2) is 31.9 Å². The molecule has 3 unspecified atom stereocenters. The van der Waals surface area contributed by atoms with Gasteiger partial charge in [-0.05, 0) is 149 Å². The molecule has 0 saturated carbocycles. The normalized spacial score (nSPS) is 19.9. The SMILES string of the molecule is C=CC(=O)N1CCN(c2nc(=O)n3c4c(c(-c5ccc(F)cc5)c(C)cc24)SCC(OCCC)C3)CC1.C=CC(=O)N1[C@H](C)CN(c2nc(=O)n3c4c(c(-c5cc(Cl)c(F)cc5F)c(C)cc24)SCC(OCOC)C3)C[C@@H]1C.C=CC(=O)N1[C@H](C)CN(c2nc(=O)n3c4c(c(-c5ccc(F)c(Cl)c5)c(C)cc24)SCC(OCOC)C3)C[C@@H]1C. The van der Waals surface area contributed by atoms with Crippen molar-refractivity contribution in [1.29, 1.82) is 0 Å². The summed E-state index contributed by atoms with van der Waals surface area (Å²) in [5.41, 5.74) is 7.97. The van der Waals surface area contributed by atoms with Gasteiger partial charge in [-0.1, -0.05) is 68.1 Å². The Hall–Kier alpha value is -9.08. The molecular formula is C86H94Cl2F4N12O11S3. The summed E-state index contributed by atoms with van der Waals surface area (Å²) in [6, 6.07) is 18.7. The van der Waals surface area contributed by atoms with Crippen molar-refractivity contribution in [3.63, 3.8) is 0 Å². The Balaban J connectivity index is 0.000000154. The maximum Gasteiger partial charge on any atom is 0.350 e. The highest BCUT2D eigenvalue weighted by Crippen LogP contribution is 2.49. The fourth-order valence-electron chi connectivity index (χ4n) is 16.8. The van der Waals surface area contributed by atoms with Crippen LogP contribution < -0.4 is 31.8 Å². The van der Waals surface area contributed by atoms with Crippen LogP contribution in [0.15, 0.2) is 140 Å². The van der Waals surface area contributed by atoms with Crippen LogP contribution in [0.4, 0.5) is 35.0 Å². The number of hydrogen-bond donors (Lipinski definition) is 0. The van der Waals surface area contributed by atoms with Crippen LogP contribution in [0, 0.1) is 44.0 Å². The molecule has 15 rings (SSSR count). The fourth-order valence-corrected chi connectivity index (χ4v) is 21.1. The van der Waals surface area contributed by atoms with Crippen molar-refractivity contribution >= 4 is 126 Å². The Bertz CT molecular complexity index is 5600. The van der Waals surface area contributed by atoms with Gasteiger partial charge in [0.2, 0.25) is 17.7 Å². The van der Waals surface area contributed by atoms with Gasteiger partial charge in [0.15, 0.2) is 0 Å². The van der Waals surface area contributed by atoms with Crippen LogP contribution in [0.3, 0.4) is 0 Å². The monoisotopic (exact) mass is 1710 g/mol. The highest BCUT2D eigenvalue weighted by Gasteiger charge is 2.39. The number of hydrogen-bond acceptors (Lipinski definition) is 20. The lowest BCUT2D eigenvalue weighted by atomic mass is 9.97. The molecule has 3 amide bonds. The van der Waals surface area contributed by atoms with Gasteiger partial charge in [-0.2, -0.15) is 15.0 Å². The first-order valence-corrected chi connectivity index (χ1v) is 42.7. The number of amides is 3. The lowest BCUT2D eigenvalue weighted by molar-refractivity contribution is -0.131. The summed E-state index contributed by atoms with van der Waals surface area (Å²) in [5, 5.41) is 2.30. The molecule has 3 fully saturated rings. The van der Waals surface area contributed by atoms with E-state index in [0.29, 0.717) is 128 Å². The lowest BCUT2D eigenvalue weighted by Gasteiger charge is -2.44. The van der Waals surface area contributed by atoms with E-state index in [0.717, 1.165) is 82.9 Å². The van der Waals surface area contributed by atoms with Gasteiger partial charge in [-0.15, -0.1) is 35.3 Å². The molecule has 32 heteroatoms. The van der Waals surface area contributed by atoms with E-state index in [1.54, 1.807) is 78.4 Å². The first-order valence-electron chi connectivity index (χ1n) is 39.0. The van der Waals surface area contributed by atoms with E-state index >= 15 is 4.39 Å². The number of halogens is 6. The average Bonchev–Trinajstić information content (AvgIpc) is 1.67. The molecule has 6 aliphatic heterocycles. The number of benzene rings is 6. The number of ether oxygens (including phenoxy) is 5. The molecule has 0 radical (unpaired) electrons. The first kappa shape index (κ1) is 86.8. The summed E-state index contributed by atoms with van der Waals surface area (Å²) in [7, 11) is 3.08. The van der Waals surface area contributed by atoms with Crippen LogP contribution in [0.25, 0.3) is 66.1 Å². The maximum absolute atomic E-state index is 15.3. The Morgan fingerprint density at radius 2 is 0.873 bits per heavy atom. The molecule has 6 aliphatic rings. The molecule has 0 bridgehead atoms. The molecule has 6 aromatic carbocycles. The molecule has 7 atom stereocenters. The van der Waals surface area contributed by atoms with Crippen molar-refractivity contribution in [2.45, 2.75) is 139 Å². The number of aryl methyl sites for hydroxylation is 3. The van der Waals surface area contributed by atoms with E-state index in [4.69, 9.17) is 46.9 Å². The molecule has 0 spiro atoms. The van der Waals surface area contributed by atoms with E-state index in [-0.39, 0.29) is 113 Å². The molecule has 3 aromatic heterocycles. The number of thioether (sulfide) groups is 3. The van der Waals surface area contributed by atoms with E-state index in [2.05, 4.69) is 57.5 Å². The Morgan fingerprint density at radius 3 is 1.29 bits per heavy atom. The van der Waals surface area contributed by atoms with E-state index < -0.39 is 23.1 Å². The number of carbonyl (C=O) groups is 3.